The fourth-order valence-corrected chi connectivity index (χ4v) is 3.26. The summed E-state index contributed by atoms with van der Waals surface area (Å²) in [5.74, 6) is -0.884. The molecule has 0 aliphatic rings. The van der Waals surface area contributed by atoms with Crippen molar-refractivity contribution in [2.24, 2.45) is 0 Å². The van der Waals surface area contributed by atoms with Crippen LogP contribution in [-0.4, -0.2) is 31.4 Å². The number of benzene rings is 1. The number of carbonyl (C=O) groups excluding carboxylic acids is 3. The molecule has 0 bridgehead atoms. The lowest BCUT2D eigenvalue weighted by atomic mass is 10.1. The van der Waals surface area contributed by atoms with Gasteiger partial charge in [-0.3, -0.25) is 14.4 Å². The van der Waals surface area contributed by atoms with E-state index < -0.39 is 12.0 Å². The lowest BCUT2D eigenvalue weighted by Gasteiger charge is -2.16. The Labute approximate surface area is 164 Å². The number of halogens is 1. The zero-order valence-corrected chi connectivity index (χ0v) is 16.6. The monoisotopic (exact) mass is 438 g/mol. The molecule has 0 saturated carbocycles. The van der Waals surface area contributed by atoms with Crippen LogP contribution in [0.2, 0.25) is 0 Å². The highest BCUT2D eigenvalue weighted by molar-refractivity contribution is 9.10. The van der Waals surface area contributed by atoms with Crippen molar-refractivity contribution in [3.63, 3.8) is 0 Å². The summed E-state index contributed by atoms with van der Waals surface area (Å²) < 4.78 is 5.57. The predicted octanol–water partition coefficient (Wildman–Crippen LogP) is 3.05. The number of hydrogen-bond acceptors (Lipinski definition) is 5. The van der Waals surface area contributed by atoms with Crippen LogP contribution in [0.15, 0.2) is 46.3 Å². The number of amides is 2. The van der Waals surface area contributed by atoms with Crippen LogP contribution in [0.1, 0.15) is 34.1 Å². The molecule has 2 amide bonds. The number of hydrogen-bond donors (Lipinski definition) is 2. The standard InChI is InChI=1S/C18H19BrN2O4S/c1-25-17(23)11-14(15-3-2-10-26-15)21-16(22)8-9-20-18(24)12-4-6-13(19)7-5-12/h2-7,10,14H,8-9,11H2,1H3,(H,20,24)(H,21,22)/t14-/m1/s1. The fraction of sp³-hybridized carbons (Fsp3) is 0.278. The average molecular weight is 439 g/mol. The molecule has 0 fully saturated rings. The number of rotatable bonds is 8. The molecule has 1 aromatic heterocycles. The number of ether oxygens (including phenoxy) is 1. The van der Waals surface area contributed by atoms with E-state index in [2.05, 4.69) is 31.3 Å². The smallest absolute Gasteiger partial charge is 0.307 e. The van der Waals surface area contributed by atoms with Crippen molar-refractivity contribution < 1.29 is 19.1 Å². The third-order valence-corrected chi connectivity index (χ3v) is 5.08. The van der Waals surface area contributed by atoms with Crippen LogP contribution in [0.5, 0.6) is 0 Å². The predicted molar refractivity (Wildman–Crippen MR) is 103 cm³/mol. The summed E-state index contributed by atoms with van der Waals surface area (Å²) in [6.45, 7) is 0.204. The second kappa shape index (κ2) is 10.1. The van der Waals surface area contributed by atoms with Crippen molar-refractivity contribution in [2.45, 2.75) is 18.9 Å². The van der Waals surface area contributed by atoms with E-state index in [1.54, 1.807) is 24.3 Å². The Morgan fingerprint density at radius 3 is 2.54 bits per heavy atom. The first-order chi connectivity index (χ1) is 12.5. The van der Waals surface area contributed by atoms with E-state index in [1.165, 1.54) is 18.4 Å². The Hall–Kier alpha value is -2.19. The molecule has 1 atom stereocenters. The van der Waals surface area contributed by atoms with Gasteiger partial charge in [-0.2, -0.15) is 0 Å². The molecular weight excluding hydrogens is 420 g/mol. The number of carbonyl (C=O) groups is 3. The van der Waals surface area contributed by atoms with Crippen LogP contribution < -0.4 is 10.6 Å². The lowest BCUT2D eigenvalue weighted by molar-refractivity contribution is -0.141. The second-order valence-corrected chi connectivity index (χ2v) is 7.32. The van der Waals surface area contributed by atoms with E-state index in [1.807, 2.05) is 17.5 Å². The highest BCUT2D eigenvalue weighted by Crippen LogP contribution is 2.22. The minimum atomic E-state index is -0.433. The fourth-order valence-electron chi connectivity index (χ4n) is 2.22. The van der Waals surface area contributed by atoms with Gasteiger partial charge in [-0.1, -0.05) is 22.0 Å². The summed E-state index contributed by atoms with van der Waals surface area (Å²) in [6.07, 6.45) is 0.180. The summed E-state index contributed by atoms with van der Waals surface area (Å²) in [4.78, 5) is 36.6. The normalized spacial score (nSPS) is 11.5. The van der Waals surface area contributed by atoms with Crippen molar-refractivity contribution in [3.05, 3.63) is 56.7 Å². The van der Waals surface area contributed by atoms with Gasteiger partial charge in [-0.05, 0) is 35.7 Å². The molecule has 0 radical (unpaired) electrons. The Balaban J connectivity index is 1.83. The lowest BCUT2D eigenvalue weighted by Crippen LogP contribution is -2.33. The molecule has 0 saturated heterocycles. The number of thiophene rings is 1. The maximum absolute atomic E-state index is 12.2. The summed E-state index contributed by atoms with van der Waals surface area (Å²) in [5.41, 5.74) is 0.524. The Morgan fingerprint density at radius 1 is 1.19 bits per heavy atom. The highest BCUT2D eigenvalue weighted by atomic mass is 79.9. The Bertz CT molecular complexity index is 747. The first-order valence-corrected chi connectivity index (χ1v) is 9.60. The third-order valence-electron chi connectivity index (χ3n) is 3.56. The molecule has 26 heavy (non-hydrogen) atoms. The van der Waals surface area contributed by atoms with Crippen LogP contribution in [-0.2, 0) is 14.3 Å². The van der Waals surface area contributed by atoms with Gasteiger partial charge in [0.05, 0.1) is 19.6 Å². The molecule has 2 rings (SSSR count). The van der Waals surface area contributed by atoms with Gasteiger partial charge in [0.2, 0.25) is 5.91 Å². The Morgan fingerprint density at radius 2 is 1.92 bits per heavy atom. The van der Waals surface area contributed by atoms with Crippen molar-refractivity contribution in [2.75, 3.05) is 13.7 Å². The van der Waals surface area contributed by atoms with Crippen molar-refractivity contribution in [1.82, 2.24) is 10.6 Å². The second-order valence-electron chi connectivity index (χ2n) is 5.43. The minimum absolute atomic E-state index is 0.0635. The van der Waals surface area contributed by atoms with Gasteiger partial charge in [0.15, 0.2) is 0 Å². The van der Waals surface area contributed by atoms with E-state index in [4.69, 9.17) is 0 Å². The largest absolute Gasteiger partial charge is 0.469 e. The van der Waals surface area contributed by atoms with Crippen molar-refractivity contribution in [3.8, 4) is 0 Å². The maximum Gasteiger partial charge on any atom is 0.307 e. The maximum atomic E-state index is 12.2. The molecule has 8 heteroatoms. The molecule has 0 aliphatic heterocycles. The zero-order valence-electron chi connectivity index (χ0n) is 14.2. The number of esters is 1. The average Bonchev–Trinajstić information content (AvgIpc) is 3.16. The van der Waals surface area contributed by atoms with Gasteiger partial charge in [0, 0.05) is 27.9 Å². The third kappa shape index (κ3) is 6.27. The van der Waals surface area contributed by atoms with Crippen molar-refractivity contribution in [1.29, 1.82) is 0 Å². The van der Waals surface area contributed by atoms with Crippen LogP contribution in [0.3, 0.4) is 0 Å². The number of nitrogens with one attached hydrogen (secondary N) is 2. The Kier molecular flexibility index (Phi) is 7.80. The van der Waals surface area contributed by atoms with E-state index in [0.29, 0.717) is 5.56 Å². The van der Waals surface area contributed by atoms with Crippen LogP contribution in [0.25, 0.3) is 0 Å². The SMILES string of the molecule is COC(=O)C[C@@H](NC(=O)CCNC(=O)c1ccc(Br)cc1)c1cccs1. The molecule has 2 N–H and O–H groups in total. The van der Waals surface area contributed by atoms with Gasteiger partial charge in [0.1, 0.15) is 0 Å². The van der Waals surface area contributed by atoms with E-state index in [0.717, 1.165) is 9.35 Å². The molecule has 1 aromatic carbocycles. The number of methoxy groups -OCH3 is 1. The highest BCUT2D eigenvalue weighted by Gasteiger charge is 2.19. The molecule has 2 aromatic rings. The van der Waals surface area contributed by atoms with Crippen LogP contribution >= 0.6 is 27.3 Å². The summed E-state index contributed by atoms with van der Waals surface area (Å²) in [6, 6.07) is 10.2. The van der Waals surface area contributed by atoms with E-state index in [-0.39, 0.29) is 31.2 Å². The van der Waals surface area contributed by atoms with E-state index >= 15 is 0 Å². The minimum Gasteiger partial charge on any atom is -0.469 e. The van der Waals surface area contributed by atoms with Crippen LogP contribution in [0.4, 0.5) is 0 Å². The first kappa shape index (κ1) is 20.1. The van der Waals surface area contributed by atoms with Gasteiger partial charge < -0.3 is 15.4 Å². The topological polar surface area (TPSA) is 84.5 Å². The quantitative estimate of drug-likeness (QED) is 0.620. The van der Waals surface area contributed by atoms with E-state index in [9.17, 15) is 14.4 Å². The summed E-state index contributed by atoms with van der Waals surface area (Å²) in [7, 11) is 1.31. The zero-order chi connectivity index (χ0) is 18.9. The molecule has 6 nitrogen and oxygen atoms in total. The first-order valence-electron chi connectivity index (χ1n) is 7.93. The van der Waals surface area contributed by atoms with Gasteiger partial charge >= 0.3 is 5.97 Å². The molecule has 0 unspecified atom stereocenters. The summed E-state index contributed by atoms with van der Waals surface area (Å²) in [5, 5.41) is 7.40. The van der Waals surface area contributed by atoms with Gasteiger partial charge in [-0.15, -0.1) is 11.3 Å². The molecular formula is C18H19BrN2O4S. The van der Waals surface area contributed by atoms with Gasteiger partial charge in [0.25, 0.3) is 5.91 Å². The van der Waals surface area contributed by atoms with Gasteiger partial charge in [-0.25, -0.2) is 0 Å². The molecule has 0 aliphatic carbocycles. The van der Waals surface area contributed by atoms with Crippen LogP contribution in [0, 0.1) is 0 Å². The summed E-state index contributed by atoms with van der Waals surface area (Å²) >= 11 is 4.77. The molecule has 138 valence electrons. The molecule has 1 heterocycles. The molecule has 0 spiro atoms. The van der Waals surface area contributed by atoms with Crippen molar-refractivity contribution >= 4 is 45.1 Å².